The fourth-order valence-corrected chi connectivity index (χ4v) is 2.99. The number of nitrogens with zero attached hydrogens (tertiary/aromatic N) is 1. The van der Waals surface area contributed by atoms with Crippen molar-refractivity contribution in [1.82, 2.24) is 10.2 Å². The molecule has 0 bridgehead atoms. The number of halogens is 1. The quantitative estimate of drug-likeness (QED) is 0.904. The van der Waals surface area contributed by atoms with Crippen LogP contribution in [0, 0.1) is 11.7 Å². The van der Waals surface area contributed by atoms with Gasteiger partial charge >= 0.3 is 0 Å². The zero-order chi connectivity index (χ0) is 15.2. The minimum absolute atomic E-state index is 0.0667. The molecule has 0 aliphatic carbocycles. The molecule has 1 aromatic rings. The lowest BCUT2D eigenvalue weighted by molar-refractivity contribution is -0.130. The van der Waals surface area contributed by atoms with Gasteiger partial charge in [0.1, 0.15) is 5.82 Å². The van der Waals surface area contributed by atoms with Crippen molar-refractivity contribution in [1.29, 1.82) is 0 Å². The number of hydrogen-bond acceptors (Lipinski definition) is 2. The largest absolute Gasteiger partial charge is 0.343 e. The summed E-state index contributed by atoms with van der Waals surface area (Å²) in [5, 5.41) is 3.50. The molecule has 3 nitrogen and oxygen atoms in total. The molecule has 1 heterocycles. The summed E-state index contributed by atoms with van der Waals surface area (Å²) in [6, 6.07) is 7.05. The van der Waals surface area contributed by atoms with E-state index in [1.807, 2.05) is 17.0 Å². The molecule has 1 N–H and O–H groups in total. The van der Waals surface area contributed by atoms with E-state index >= 15 is 0 Å². The first-order valence-corrected chi connectivity index (χ1v) is 7.85. The van der Waals surface area contributed by atoms with Crippen molar-refractivity contribution in [2.24, 2.45) is 5.92 Å². The summed E-state index contributed by atoms with van der Waals surface area (Å²) in [6.07, 6.45) is 2.92. The van der Waals surface area contributed by atoms with E-state index in [0.717, 1.165) is 44.5 Å². The monoisotopic (exact) mass is 292 g/mol. The van der Waals surface area contributed by atoms with Crippen molar-refractivity contribution in [2.45, 2.75) is 39.2 Å². The van der Waals surface area contributed by atoms with Crippen LogP contribution in [0.15, 0.2) is 24.3 Å². The van der Waals surface area contributed by atoms with Gasteiger partial charge in [-0.2, -0.15) is 0 Å². The van der Waals surface area contributed by atoms with Gasteiger partial charge in [-0.3, -0.25) is 4.79 Å². The van der Waals surface area contributed by atoms with Crippen molar-refractivity contribution in [3.63, 3.8) is 0 Å². The van der Waals surface area contributed by atoms with Crippen LogP contribution >= 0.6 is 0 Å². The fraction of sp³-hybridized carbons (Fsp3) is 0.588. The SMILES string of the molecule is CCC(NCC1CCN(C(C)=O)CC1)c1ccccc1F. The Kier molecular flexibility index (Phi) is 5.74. The van der Waals surface area contributed by atoms with Crippen molar-refractivity contribution >= 4 is 5.91 Å². The number of carbonyl (C=O) groups excluding carboxylic acids is 1. The van der Waals surface area contributed by atoms with Gasteiger partial charge in [0.25, 0.3) is 0 Å². The van der Waals surface area contributed by atoms with E-state index in [-0.39, 0.29) is 17.8 Å². The Morgan fingerprint density at radius 3 is 2.62 bits per heavy atom. The van der Waals surface area contributed by atoms with E-state index in [2.05, 4.69) is 12.2 Å². The molecule has 21 heavy (non-hydrogen) atoms. The zero-order valence-corrected chi connectivity index (χ0v) is 12.9. The third kappa shape index (κ3) is 4.27. The lowest BCUT2D eigenvalue weighted by atomic mass is 9.95. The summed E-state index contributed by atoms with van der Waals surface area (Å²) in [6.45, 7) is 6.28. The first kappa shape index (κ1) is 16.0. The Morgan fingerprint density at radius 1 is 1.38 bits per heavy atom. The molecule has 1 aliphatic rings. The first-order valence-electron chi connectivity index (χ1n) is 7.85. The lowest BCUT2D eigenvalue weighted by Gasteiger charge is -2.32. The van der Waals surface area contributed by atoms with E-state index < -0.39 is 0 Å². The maximum absolute atomic E-state index is 13.8. The summed E-state index contributed by atoms with van der Waals surface area (Å²) in [5.74, 6) is 0.601. The molecule has 116 valence electrons. The van der Waals surface area contributed by atoms with Gasteiger partial charge in [-0.05, 0) is 37.8 Å². The molecular weight excluding hydrogens is 267 g/mol. The average Bonchev–Trinajstić information content (AvgIpc) is 2.50. The first-order chi connectivity index (χ1) is 10.1. The molecule has 4 heteroatoms. The van der Waals surface area contributed by atoms with Crippen LogP contribution in [0.2, 0.25) is 0 Å². The number of rotatable bonds is 5. The number of amides is 1. The summed E-state index contributed by atoms with van der Waals surface area (Å²) >= 11 is 0. The summed E-state index contributed by atoms with van der Waals surface area (Å²) in [4.78, 5) is 13.2. The molecule has 0 radical (unpaired) electrons. The molecule has 1 fully saturated rings. The number of carbonyl (C=O) groups is 1. The summed E-state index contributed by atoms with van der Waals surface area (Å²) in [7, 11) is 0. The number of hydrogen-bond donors (Lipinski definition) is 1. The van der Waals surface area contributed by atoms with Crippen LogP contribution in [-0.2, 0) is 4.79 Å². The molecule has 1 aliphatic heterocycles. The molecule has 0 aromatic heterocycles. The van der Waals surface area contributed by atoms with Gasteiger partial charge in [-0.15, -0.1) is 0 Å². The predicted molar refractivity (Wildman–Crippen MR) is 82.4 cm³/mol. The Labute approximate surface area is 126 Å². The van der Waals surface area contributed by atoms with Crippen LogP contribution in [0.5, 0.6) is 0 Å². The van der Waals surface area contributed by atoms with Crippen LogP contribution < -0.4 is 5.32 Å². The Morgan fingerprint density at radius 2 is 2.05 bits per heavy atom. The van der Waals surface area contributed by atoms with Gasteiger partial charge in [-0.1, -0.05) is 25.1 Å². The predicted octanol–water partition coefficient (Wildman–Crippen LogP) is 3.12. The van der Waals surface area contributed by atoms with Crippen molar-refractivity contribution in [3.8, 4) is 0 Å². The van der Waals surface area contributed by atoms with Gasteiger partial charge in [-0.25, -0.2) is 4.39 Å². The van der Waals surface area contributed by atoms with Gasteiger partial charge in [0.15, 0.2) is 0 Å². The Bertz CT molecular complexity index is 470. The summed E-state index contributed by atoms with van der Waals surface area (Å²) < 4.78 is 13.8. The lowest BCUT2D eigenvalue weighted by Crippen LogP contribution is -2.40. The molecule has 1 atom stereocenters. The molecular formula is C17H25FN2O. The van der Waals surface area contributed by atoms with E-state index in [0.29, 0.717) is 5.92 Å². The Hall–Kier alpha value is -1.42. The molecule has 2 rings (SSSR count). The highest BCUT2D eigenvalue weighted by atomic mass is 19.1. The maximum atomic E-state index is 13.8. The highest BCUT2D eigenvalue weighted by molar-refractivity contribution is 5.73. The van der Waals surface area contributed by atoms with Crippen LogP contribution in [0.1, 0.15) is 44.7 Å². The standard InChI is InChI=1S/C17H25FN2O/c1-3-17(15-6-4-5-7-16(15)18)19-12-14-8-10-20(11-9-14)13(2)21/h4-7,14,17,19H,3,8-12H2,1-2H3. The van der Waals surface area contributed by atoms with Crippen molar-refractivity contribution in [3.05, 3.63) is 35.6 Å². The second kappa shape index (κ2) is 7.55. The van der Waals surface area contributed by atoms with E-state index in [1.165, 1.54) is 6.07 Å². The third-order valence-electron chi connectivity index (χ3n) is 4.40. The molecule has 1 amide bonds. The third-order valence-corrected chi connectivity index (χ3v) is 4.40. The molecule has 0 spiro atoms. The van der Waals surface area contributed by atoms with Crippen LogP contribution in [0.3, 0.4) is 0 Å². The minimum atomic E-state index is -0.136. The van der Waals surface area contributed by atoms with Gasteiger partial charge in [0, 0.05) is 31.6 Å². The van der Waals surface area contributed by atoms with Crippen LogP contribution in [0.25, 0.3) is 0 Å². The summed E-state index contributed by atoms with van der Waals surface area (Å²) in [5.41, 5.74) is 0.751. The number of piperidine rings is 1. The van der Waals surface area contributed by atoms with E-state index in [4.69, 9.17) is 0 Å². The van der Waals surface area contributed by atoms with Crippen molar-refractivity contribution < 1.29 is 9.18 Å². The highest BCUT2D eigenvalue weighted by Gasteiger charge is 2.22. The number of likely N-dealkylation sites (tertiary alicyclic amines) is 1. The number of nitrogens with one attached hydrogen (secondary N) is 1. The van der Waals surface area contributed by atoms with E-state index in [1.54, 1.807) is 13.0 Å². The zero-order valence-electron chi connectivity index (χ0n) is 12.9. The Balaban J connectivity index is 1.85. The molecule has 1 saturated heterocycles. The van der Waals surface area contributed by atoms with Gasteiger partial charge in [0.2, 0.25) is 5.91 Å². The second-order valence-corrected chi connectivity index (χ2v) is 5.84. The van der Waals surface area contributed by atoms with Crippen molar-refractivity contribution in [2.75, 3.05) is 19.6 Å². The second-order valence-electron chi connectivity index (χ2n) is 5.84. The van der Waals surface area contributed by atoms with E-state index in [9.17, 15) is 9.18 Å². The maximum Gasteiger partial charge on any atom is 0.219 e. The normalized spacial score (nSPS) is 17.8. The molecule has 1 unspecified atom stereocenters. The van der Waals surface area contributed by atoms with Gasteiger partial charge < -0.3 is 10.2 Å². The van der Waals surface area contributed by atoms with Crippen LogP contribution in [0.4, 0.5) is 4.39 Å². The number of benzene rings is 1. The fourth-order valence-electron chi connectivity index (χ4n) is 2.99. The highest BCUT2D eigenvalue weighted by Crippen LogP contribution is 2.22. The smallest absolute Gasteiger partial charge is 0.219 e. The van der Waals surface area contributed by atoms with Crippen LogP contribution in [-0.4, -0.2) is 30.4 Å². The molecule has 0 saturated carbocycles. The van der Waals surface area contributed by atoms with Gasteiger partial charge in [0.05, 0.1) is 0 Å². The average molecular weight is 292 g/mol. The minimum Gasteiger partial charge on any atom is -0.343 e. The molecule has 1 aromatic carbocycles. The topological polar surface area (TPSA) is 32.3 Å².